The number of amidine groups is 1. The van der Waals surface area contributed by atoms with Crippen LogP contribution in [0.1, 0.15) is 12.8 Å². The number of fused-ring (bicyclic) bond motifs is 1. The average molecular weight is 256 g/mol. The Balaban J connectivity index is 2.27. The summed E-state index contributed by atoms with van der Waals surface area (Å²) in [6.45, 7) is 1.96. The molecule has 0 bridgehead atoms. The highest BCUT2D eigenvalue weighted by molar-refractivity contribution is 6.45. The van der Waals surface area contributed by atoms with Gasteiger partial charge in [0, 0.05) is 12.5 Å². The molecule has 1 aromatic carbocycles. The summed E-state index contributed by atoms with van der Waals surface area (Å²) >= 11 is 0. The van der Waals surface area contributed by atoms with Gasteiger partial charge in [0.15, 0.2) is 17.3 Å². The molecule has 0 aliphatic carbocycles. The molecular weight excluding hydrogens is 244 g/mol. The van der Waals surface area contributed by atoms with Gasteiger partial charge in [0.05, 0.1) is 5.69 Å². The van der Waals surface area contributed by atoms with Crippen molar-refractivity contribution in [3.63, 3.8) is 0 Å². The van der Waals surface area contributed by atoms with E-state index in [-0.39, 0.29) is 11.5 Å². The van der Waals surface area contributed by atoms with E-state index in [1.807, 2.05) is 6.92 Å². The summed E-state index contributed by atoms with van der Waals surface area (Å²) in [5.74, 6) is 0.279. The van der Waals surface area contributed by atoms with Crippen LogP contribution in [0.4, 0.5) is 5.69 Å². The first-order valence-corrected chi connectivity index (χ1v) is 5.61. The largest absolute Gasteiger partial charge is 0.441 e. The van der Waals surface area contributed by atoms with Crippen LogP contribution in [0.15, 0.2) is 27.7 Å². The number of nitrogens with two attached hydrogens (primary N) is 1. The van der Waals surface area contributed by atoms with Gasteiger partial charge in [0.25, 0.3) is 0 Å². The maximum atomic E-state index is 8.71. The highest BCUT2D eigenvalue weighted by Gasteiger charge is 2.05. The lowest BCUT2D eigenvalue weighted by Gasteiger charge is -2.00. The molecule has 4 N–H and O–H groups in total. The lowest BCUT2D eigenvalue weighted by Crippen LogP contribution is -2.21. The number of anilines is 1. The van der Waals surface area contributed by atoms with Crippen LogP contribution in [-0.2, 0) is 6.42 Å². The maximum absolute atomic E-state index is 8.71. The van der Waals surface area contributed by atoms with Crippen molar-refractivity contribution in [3.05, 3.63) is 24.1 Å². The molecule has 0 aliphatic heterocycles. The topological polar surface area (TPSA) is 124 Å². The molecule has 0 atom stereocenters. The summed E-state index contributed by atoms with van der Waals surface area (Å²) in [6.07, 6.45) is 0.721. The molecule has 7 heteroatoms. The highest BCUT2D eigenvalue weighted by Crippen LogP contribution is 2.20. The number of nitrogens with one attached hydrogen (secondary N) is 2. The Labute approximate surface area is 109 Å². The van der Waals surface area contributed by atoms with E-state index in [0.717, 1.165) is 11.9 Å². The molecule has 0 spiro atoms. The van der Waals surface area contributed by atoms with Gasteiger partial charge in [-0.1, -0.05) is 6.92 Å². The maximum Gasteiger partial charge on any atom is 0.201 e. The predicted molar refractivity (Wildman–Crippen MR) is 72.0 cm³/mol. The van der Waals surface area contributed by atoms with Gasteiger partial charge in [-0.3, -0.25) is 10.8 Å². The quantitative estimate of drug-likeness (QED) is 0.435. The normalized spacial score (nSPS) is 11.3. The number of aryl methyl sites for hydroxylation is 1. The van der Waals surface area contributed by atoms with Crippen molar-refractivity contribution in [1.29, 1.82) is 10.7 Å². The van der Waals surface area contributed by atoms with Crippen LogP contribution in [0.3, 0.4) is 0 Å². The van der Waals surface area contributed by atoms with Gasteiger partial charge in [-0.2, -0.15) is 10.4 Å². The summed E-state index contributed by atoms with van der Waals surface area (Å²) in [4.78, 5) is 4.28. The zero-order chi connectivity index (χ0) is 13.8. The molecule has 2 rings (SSSR count). The minimum absolute atomic E-state index is 0.174. The van der Waals surface area contributed by atoms with E-state index < -0.39 is 0 Å². The van der Waals surface area contributed by atoms with Crippen molar-refractivity contribution >= 4 is 28.3 Å². The Morgan fingerprint density at radius 2 is 2.42 bits per heavy atom. The molecule has 0 unspecified atom stereocenters. The van der Waals surface area contributed by atoms with Crippen LogP contribution in [0.25, 0.3) is 11.1 Å². The van der Waals surface area contributed by atoms with E-state index in [1.54, 1.807) is 24.3 Å². The second-order valence-corrected chi connectivity index (χ2v) is 3.74. The average Bonchev–Trinajstić information content (AvgIpc) is 2.81. The van der Waals surface area contributed by atoms with Crippen LogP contribution in [0.5, 0.6) is 0 Å². The molecular formula is C12H12N6O. The Morgan fingerprint density at radius 1 is 1.63 bits per heavy atom. The van der Waals surface area contributed by atoms with Gasteiger partial charge >= 0.3 is 0 Å². The minimum atomic E-state index is -0.385. The van der Waals surface area contributed by atoms with E-state index in [1.165, 1.54) is 0 Å². The number of benzene rings is 1. The predicted octanol–water partition coefficient (Wildman–Crippen LogP) is 1.62. The van der Waals surface area contributed by atoms with Crippen LogP contribution in [-0.4, -0.2) is 16.5 Å². The van der Waals surface area contributed by atoms with Crippen molar-refractivity contribution in [2.75, 3.05) is 5.43 Å². The van der Waals surface area contributed by atoms with Crippen LogP contribution in [0, 0.1) is 16.7 Å². The molecule has 19 heavy (non-hydrogen) atoms. The molecule has 0 saturated carbocycles. The van der Waals surface area contributed by atoms with Crippen molar-refractivity contribution in [1.82, 2.24) is 4.98 Å². The number of nitriles is 1. The Bertz CT molecular complexity index is 694. The molecule has 1 heterocycles. The summed E-state index contributed by atoms with van der Waals surface area (Å²) in [6, 6.07) is 6.99. The van der Waals surface area contributed by atoms with Crippen molar-refractivity contribution in [2.45, 2.75) is 13.3 Å². The highest BCUT2D eigenvalue weighted by atomic mass is 16.3. The molecule has 0 aliphatic rings. The summed E-state index contributed by atoms with van der Waals surface area (Å²) in [5, 5.41) is 19.6. The van der Waals surface area contributed by atoms with Gasteiger partial charge in [-0.25, -0.2) is 4.98 Å². The Hall–Kier alpha value is -2.88. The third-order valence-electron chi connectivity index (χ3n) is 2.39. The van der Waals surface area contributed by atoms with E-state index in [9.17, 15) is 0 Å². The number of hydrogen-bond acceptors (Lipinski definition) is 6. The number of hydrazone groups is 1. The molecule has 0 fully saturated rings. The second kappa shape index (κ2) is 5.18. The smallest absolute Gasteiger partial charge is 0.201 e. The number of rotatable bonds is 4. The Morgan fingerprint density at radius 3 is 3.05 bits per heavy atom. The van der Waals surface area contributed by atoms with E-state index in [0.29, 0.717) is 17.2 Å². The molecule has 96 valence electrons. The van der Waals surface area contributed by atoms with Gasteiger partial charge in [-0.05, 0) is 12.1 Å². The minimum Gasteiger partial charge on any atom is -0.441 e. The second-order valence-electron chi connectivity index (χ2n) is 3.74. The van der Waals surface area contributed by atoms with Crippen LogP contribution in [0.2, 0.25) is 0 Å². The zero-order valence-corrected chi connectivity index (χ0v) is 10.3. The molecule has 0 radical (unpaired) electrons. The summed E-state index contributed by atoms with van der Waals surface area (Å²) < 4.78 is 5.51. The summed E-state index contributed by atoms with van der Waals surface area (Å²) in [7, 11) is 0. The van der Waals surface area contributed by atoms with E-state index >= 15 is 0 Å². The first-order valence-electron chi connectivity index (χ1n) is 5.61. The van der Waals surface area contributed by atoms with E-state index in [2.05, 4.69) is 15.5 Å². The molecule has 1 aromatic heterocycles. The van der Waals surface area contributed by atoms with E-state index in [4.69, 9.17) is 20.8 Å². The van der Waals surface area contributed by atoms with Crippen molar-refractivity contribution in [2.24, 2.45) is 10.8 Å². The van der Waals surface area contributed by atoms with Gasteiger partial charge < -0.3 is 10.2 Å². The molecule has 7 nitrogen and oxygen atoms in total. The first-order chi connectivity index (χ1) is 9.13. The summed E-state index contributed by atoms with van der Waals surface area (Å²) in [5.41, 5.74) is 9.69. The fourth-order valence-electron chi connectivity index (χ4n) is 1.46. The third kappa shape index (κ3) is 2.69. The fraction of sp³-hybridized carbons (Fsp3) is 0.167. The monoisotopic (exact) mass is 256 g/mol. The number of aromatic nitrogens is 1. The zero-order valence-electron chi connectivity index (χ0n) is 10.3. The third-order valence-corrected chi connectivity index (χ3v) is 2.39. The van der Waals surface area contributed by atoms with Gasteiger partial charge in [0.2, 0.25) is 5.71 Å². The van der Waals surface area contributed by atoms with Gasteiger partial charge in [0.1, 0.15) is 11.6 Å². The lowest BCUT2D eigenvalue weighted by atomic mass is 10.3. The molecule has 0 saturated heterocycles. The standard InChI is InChI=1S/C12H12N6O/c1-2-11-16-8-4-3-7(5-10(8)19-11)17-18-9(6-13)12(14)15/h3-5,17H,2H2,1H3,(H3,14,15)/b18-9+. The molecule has 0 amide bonds. The number of hydrogen-bond donors (Lipinski definition) is 3. The van der Waals surface area contributed by atoms with Crippen molar-refractivity contribution in [3.8, 4) is 6.07 Å². The van der Waals surface area contributed by atoms with Crippen molar-refractivity contribution < 1.29 is 4.42 Å². The lowest BCUT2D eigenvalue weighted by molar-refractivity contribution is 0.538. The number of oxazole rings is 1. The molecule has 2 aromatic rings. The number of nitrogens with zero attached hydrogens (tertiary/aromatic N) is 3. The first kappa shape index (κ1) is 12.6. The Kier molecular flexibility index (Phi) is 3.43. The van der Waals surface area contributed by atoms with Gasteiger partial charge in [-0.15, -0.1) is 0 Å². The SMILES string of the molecule is CCc1nc2ccc(N/N=C(\C#N)C(=N)N)cc2o1. The van der Waals surface area contributed by atoms with Crippen LogP contribution >= 0.6 is 0 Å². The fourth-order valence-corrected chi connectivity index (χ4v) is 1.46. The van der Waals surface area contributed by atoms with Crippen LogP contribution < -0.4 is 11.2 Å².